The Morgan fingerprint density at radius 1 is 1.12 bits per heavy atom. The summed E-state index contributed by atoms with van der Waals surface area (Å²) in [5.41, 5.74) is 3.40. The second-order valence-corrected chi connectivity index (χ2v) is 6.05. The molecule has 0 spiro atoms. The van der Waals surface area contributed by atoms with Crippen LogP contribution >= 0.6 is 11.6 Å². The number of imidazole rings is 1. The van der Waals surface area contributed by atoms with E-state index < -0.39 is 0 Å². The number of aromatic nitrogens is 3. The van der Waals surface area contributed by atoms with E-state index in [9.17, 15) is 4.79 Å². The highest BCUT2D eigenvalue weighted by Crippen LogP contribution is 2.29. The Balaban J connectivity index is 1.90. The van der Waals surface area contributed by atoms with Crippen LogP contribution in [0.3, 0.4) is 0 Å². The molecule has 6 heteroatoms. The van der Waals surface area contributed by atoms with Crippen LogP contribution in [0, 0.1) is 0 Å². The molecule has 0 aliphatic carbocycles. The van der Waals surface area contributed by atoms with E-state index in [0.29, 0.717) is 10.6 Å². The van der Waals surface area contributed by atoms with Crippen LogP contribution < -0.4 is 5.76 Å². The molecule has 4 aromatic rings. The van der Waals surface area contributed by atoms with Gasteiger partial charge in [-0.2, -0.15) is 0 Å². The van der Waals surface area contributed by atoms with Gasteiger partial charge in [-0.3, -0.25) is 4.57 Å². The maximum Gasteiger partial charge on any atom is 0.419 e. The van der Waals surface area contributed by atoms with Crippen molar-refractivity contribution in [3.05, 3.63) is 87.9 Å². The van der Waals surface area contributed by atoms with Gasteiger partial charge in [0.25, 0.3) is 0 Å². The van der Waals surface area contributed by atoms with Gasteiger partial charge in [-0.15, -0.1) is 0 Å². The van der Waals surface area contributed by atoms with Gasteiger partial charge in [-0.25, -0.2) is 9.78 Å². The van der Waals surface area contributed by atoms with Gasteiger partial charge in [0.15, 0.2) is 5.58 Å². The van der Waals surface area contributed by atoms with Crippen molar-refractivity contribution in [2.75, 3.05) is 0 Å². The molecule has 24 heavy (non-hydrogen) atoms. The van der Waals surface area contributed by atoms with Gasteiger partial charge < -0.3 is 8.98 Å². The van der Waals surface area contributed by atoms with Gasteiger partial charge in [0.2, 0.25) is 0 Å². The number of nitrogens with zero attached hydrogens (tertiary/aromatic N) is 3. The predicted octanol–water partition coefficient (Wildman–Crippen LogP) is 3.62. The standard InChI is InChI=1S/C18H14ClN3O2/c1-21-15-7-4-13(10-16(15)24-18(21)23)17(22-9-8-20-11-22)12-2-5-14(19)6-3-12/h2-11,17H,1H3. The number of aryl methyl sites for hydroxylation is 1. The van der Waals surface area contributed by atoms with Gasteiger partial charge in [-0.05, 0) is 35.4 Å². The third-order valence-corrected chi connectivity index (χ3v) is 4.39. The largest absolute Gasteiger partial charge is 0.419 e. The lowest BCUT2D eigenvalue weighted by Gasteiger charge is -2.19. The first-order chi connectivity index (χ1) is 11.6. The van der Waals surface area contributed by atoms with Crippen molar-refractivity contribution in [2.45, 2.75) is 6.04 Å². The zero-order valence-electron chi connectivity index (χ0n) is 12.9. The number of halogens is 1. The third-order valence-electron chi connectivity index (χ3n) is 4.14. The first-order valence-corrected chi connectivity index (χ1v) is 7.83. The van der Waals surface area contributed by atoms with E-state index >= 15 is 0 Å². The third kappa shape index (κ3) is 2.43. The minimum Gasteiger partial charge on any atom is -0.408 e. The fraction of sp³-hybridized carbons (Fsp3) is 0.111. The smallest absolute Gasteiger partial charge is 0.408 e. The Hall–Kier alpha value is -2.79. The number of benzene rings is 2. The molecular weight excluding hydrogens is 326 g/mol. The maximum atomic E-state index is 11.7. The van der Waals surface area contributed by atoms with E-state index in [0.717, 1.165) is 16.6 Å². The normalized spacial score (nSPS) is 12.6. The van der Waals surface area contributed by atoms with Crippen LogP contribution in [-0.4, -0.2) is 14.1 Å². The summed E-state index contributed by atoms with van der Waals surface area (Å²) in [5.74, 6) is -0.368. The second-order valence-electron chi connectivity index (χ2n) is 5.62. The lowest BCUT2D eigenvalue weighted by molar-refractivity contribution is 0.527. The molecule has 1 atom stereocenters. The molecule has 2 aromatic heterocycles. The maximum absolute atomic E-state index is 11.7. The zero-order chi connectivity index (χ0) is 16.7. The highest BCUT2D eigenvalue weighted by atomic mass is 35.5. The summed E-state index contributed by atoms with van der Waals surface area (Å²) in [6.45, 7) is 0. The number of oxazole rings is 1. The van der Waals surface area contributed by atoms with Crippen LogP contribution in [0.2, 0.25) is 5.02 Å². The van der Waals surface area contributed by atoms with Crippen molar-refractivity contribution in [3.63, 3.8) is 0 Å². The average Bonchev–Trinajstić information content (AvgIpc) is 3.19. The molecule has 0 aliphatic heterocycles. The first kappa shape index (κ1) is 14.8. The van der Waals surface area contributed by atoms with Crippen LogP contribution in [0.1, 0.15) is 17.2 Å². The Bertz CT molecular complexity index is 1050. The SMILES string of the molecule is Cn1c(=O)oc2cc(C(c3ccc(Cl)cc3)n3ccnc3)ccc21. The van der Waals surface area contributed by atoms with Crippen molar-refractivity contribution in [3.8, 4) is 0 Å². The van der Waals surface area contributed by atoms with Crippen molar-refractivity contribution in [2.24, 2.45) is 7.05 Å². The quantitative estimate of drug-likeness (QED) is 0.573. The first-order valence-electron chi connectivity index (χ1n) is 7.46. The highest BCUT2D eigenvalue weighted by Gasteiger charge is 2.18. The molecule has 0 amide bonds. The predicted molar refractivity (Wildman–Crippen MR) is 92.4 cm³/mol. The van der Waals surface area contributed by atoms with Gasteiger partial charge >= 0.3 is 5.76 Å². The minimum absolute atomic E-state index is 0.0836. The molecule has 0 aliphatic rings. The molecule has 2 aromatic carbocycles. The summed E-state index contributed by atoms with van der Waals surface area (Å²) in [5, 5.41) is 0.688. The average molecular weight is 340 g/mol. The number of rotatable bonds is 3. The zero-order valence-corrected chi connectivity index (χ0v) is 13.6. The molecule has 1 unspecified atom stereocenters. The molecule has 0 saturated heterocycles. The van der Waals surface area contributed by atoms with Gasteiger partial charge in [-0.1, -0.05) is 29.8 Å². The summed E-state index contributed by atoms with van der Waals surface area (Å²) in [4.78, 5) is 15.9. The van der Waals surface area contributed by atoms with Crippen molar-refractivity contribution in [1.29, 1.82) is 0 Å². The van der Waals surface area contributed by atoms with Crippen LogP contribution in [0.4, 0.5) is 0 Å². The molecule has 4 rings (SSSR count). The molecule has 5 nitrogen and oxygen atoms in total. The molecule has 0 fully saturated rings. The Morgan fingerprint density at radius 2 is 1.88 bits per heavy atom. The van der Waals surface area contributed by atoms with Gasteiger partial charge in [0.05, 0.1) is 17.9 Å². The van der Waals surface area contributed by atoms with E-state index in [4.69, 9.17) is 16.0 Å². The Labute approximate surface area is 142 Å². The molecular formula is C18H14ClN3O2. The van der Waals surface area contributed by atoms with E-state index in [1.807, 2.05) is 53.2 Å². The topological polar surface area (TPSA) is 53.0 Å². The van der Waals surface area contributed by atoms with E-state index in [-0.39, 0.29) is 11.8 Å². The monoisotopic (exact) mass is 339 g/mol. The Morgan fingerprint density at radius 3 is 2.58 bits per heavy atom. The van der Waals surface area contributed by atoms with Crippen molar-refractivity contribution < 1.29 is 4.42 Å². The highest BCUT2D eigenvalue weighted by molar-refractivity contribution is 6.30. The minimum atomic E-state index is -0.368. The van der Waals surface area contributed by atoms with E-state index in [1.54, 1.807) is 19.6 Å². The summed E-state index contributed by atoms with van der Waals surface area (Å²) in [7, 11) is 1.69. The number of hydrogen-bond acceptors (Lipinski definition) is 3. The summed E-state index contributed by atoms with van der Waals surface area (Å²) in [6, 6.07) is 13.4. The number of fused-ring (bicyclic) bond motifs is 1. The lowest BCUT2D eigenvalue weighted by atomic mass is 9.98. The van der Waals surface area contributed by atoms with Crippen LogP contribution in [0.5, 0.6) is 0 Å². The van der Waals surface area contributed by atoms with Gasteiger partial charge in [0, 0.05) is 24.5 Å². The molecule has 120 valence electrons. The van der Waals surface area contributed by atoms with E-state index in [2.05, 4.69) is 4.98 Å². The van der Waals surface area contributed by atoms with Crippen molar-refractivity contribution >= 4 is 22.7 Å². The van der Waals surface area contributed by atoms with Gasteiger partial charge in [0.1, 0.15) is 0 Å². The summed E-state index contributed by atoms with van der Waals surface area (Å²) in [6.07, 6.45) is 5.42. The summed E-state index contributed by atoms with van der Waals surface area (Å²) >= 11 is 6.01. The lowest BCUT2D eigenvalue weighted by Crippen LogP contribution is -2.10. The van der Waals surface area contributed by atoms with Crippen LogP contribution in [-0.2, 0) is 7.05 Å². The molecule has 0 radical (unpaired) electrons. The Kier molecular flexibility index (Phi) is 3.50. The molecule has 2 heterocycles. The molecule has 0 N–H and O–H groups in total. The van der Waals surface area contributed by atoms with Crippen LogP contribution in [0.25, 0.3) is 11.1 Å². The summed E-state index contributed by atoms with van der Waals surface area (Å²) < 4.78 is 8.82. The van der Waals surface area contributed by atoms with Crippen LogP contribution in [0.15, 0.2) is 70.4 Å². The van der Waals surface area contributed by atoms with Crippen molar-refractivity contribution in [1.82, 2.24) is 14.1 Å². The number of hydrogen-bond donors (Lipinski definition) is 0. The fourth-order valence-corrected chi connectivity index (χ4v) is 3.05. The van der Waals surface area contributed by atoms with E-state index in [1.165, 1.54) is 4.57 Å². The second kappa shape index (κ2) is 5.69. The molecule has 0 bridgehead atoms. The fourth-order valence-electron chi connectivity index (χ4n) is 2.92. The molecule has 0 saturated carbocycles.